The molecule has 0 heterocycles. The van der Waals surface area contributed by atoms with E-state index in [0.717, 1.165) is 0 Å². The molecule has 0 saturated heterocycles. The number of benzene rings is 2. The zero-order chi connectivity index (χ0) is 10.7. The van der Waals surface area contributed by atoms with Gasteiger partial charge in [0.2, 0.25) is 0 Å². The van der Waals surface area contributed by atoms with Gasteiger partial charge in [0.05, 0.1) is 0 Å². The van der Waals surface area contributed by atoms with Crippen LogP contribution in [0.3, 0.4) is 0 Å². The van der Waals surface area contributed by atoms with E-state index in [0.29, 0.717) is 0 Å². The maximum Gasteiger partial charge on any atom is 0.0205 e. The molecule has 76 valence electrons. The molecule has 0 aromatic heterocycles. The molecule has 0 saturated carbocycles. The summed E-state index contributed by atoms with van der Waals surface area (Å²) in [5, 5.41) is 0. The van der Waals surface area contributed by atoms with E-state index in [9.17, 15) is 0 Å². The van der Waals surface area contributed by atoms with Crippen molar-refractivity contribution < 1.29 is 0 Å². The Kier molecular flexibility index (Phi) is 3.49. The lowest BCUT2D eigenvalue weighted by molar-refractivity contribution is 1.32. The van der Waals surface area contributed by atoms with Crippen LogP contribution in [0.5, 0.6) is 0 Å². The molecule has 2 aromatic carbocycles. The van der Waals surface area contributed by atoms with E-state index in [4.69, 9.17) is 0 Å². The Hall–Kier alpha value is -0.730. The van der Waals surface area contributed by atoms with Crippen molar-refractivity contribution in [2.24, 2.45) is 0 Å². The van der Waals surface area contributed by atoms with Gasteiger partial charge in [-0.1, -0.05) is 45.9 Å². The minimum atomic E-state index is 1.17. The SMILES string of the molecule is Cc1cc(Sc2ccccc2)ccc1Br. The molecule has 0 fully saturated rings. The van der Waals surface area contributed by atoms with Crippen LogP contribution in [-0.4, -0.2) is 0 Å². The van der Waals surface area contributed by atoms with Crippen LogP contribution in [0.4, 0.5) is 0 Å². The molecule has 0 spiro atoms. The summed E-state index contributed by atoms with van der Waals surface area (Å²) in [5.41, 5.74) is 1.27. The largest absolute Gasteiger partial charge is 0.0901 e. The van der Waals surface area contributed by atoms with Gasteiger partial charge in [0, 0.05) is 14.3 Å². The van der Waals surface area contributed by atoms with E-state index in [1.165, 1.54) is 19.8 Å². The predicted octanol–water partition coefficient (Wildman–Crippen LogP) is 4.91. The van der Waals surface area contributed by atoms with Crippen LogP contribution < -0.4 is 0 Å². The summed E-state index contributed by atoms with van der Waals surface area (Å²) in [4.78, 5) is 2.56. The first-order chi connectivity index (χ1) is 7.25. The lowest BCUT2D eigenvalue weighted by Crippen LogP contribution is -1.77. The van der Waals surface area contributed by atoms with E-state index in [-0.39, 0.29) is 0 Å². The van der Waals surface area contributed by atoms with Crippen LogP contribution >= 0.6 is 27.7 Å². The molecule has 0 aliphatic carbocycles. The molecule has 0 bridgehead atoms. The van der Waals surface area contributed by atoms with Gasteiger partial charge >= 0.3 is 0 Å². The summed E-state index contributed by atoms with van der Waals surface area (Å²) < 4.78 is 1.17. The first-order valence-electron chi connectivity index (χ1n) is 4.75. The zero-order valence-electron chi connectivity index (χ0n) is 8.41. The Bertz CT molecular complexity index is 451. The molecule has 2 aromatic rings. The van der Waals surface area contributed by atoms with E-state index < -0.39 is 0 Å². The van der Waals surface area contributed by atoms with Crippen LogP contribution in [0.25, 0.3) is 0 Å². The molecule has 2 rings (SSSR count). The summed E-state index contributed by atoms with van der Waals surface area (Å²) in [7, 11) is 0. The summed E-state index contributed by atoms with van der Waals surface area (Å²) >= 11 is 5.30. The summed E-state index contributed by atoms with van der Waals surface area (Å²) in [6.45, 7) is 2.11. The van der Waals surface area contributed by atoms with Crippen LogP contribution in [0, 0.1) is 6.92 Å². The Morgan fingerprint density at radius 2 is 1.67 bits per heavy atom. The van der Waals surface area contributed by atoms with Gasteiger partial charge in [-0.3, -0.25) is 0 Å². The van der Waals surface area contributed by atoms with E-state index in [1.807, 2.05) is 6.07 Å². The molecule has 0 aliphatic heterocycles. The third-order valence-corrected chi connectivity index (χ3v) is 4.00. The number of hydrogen-bond donors (Lipinski definition) is 0. The third kappa shape index (κ3) is 2.86. The van der Waals surface area contributed by atoms with Gasteiger partial charge in [-0.05, 0) is 42.8 Å². The van der Waals surface area contributed by atoms with Gasteiger partial charge < -0.3 is 0 Å². The number of aryl methyl sites for hydroxylation is 1. The summed E-state index contributed by atoms with van der Waals surface area (Å²) in [6, 6.07) is 16.8. The highest BCUT2D eigenvalue weighted by Crippen LogP contribution is 2.29. The maximum atomic E-state index is 3.51. The maximum absolute atomic E-state index is 3.51. The second kappa shape index (κ2) is 4.86. The Morgan fingerprint density at radius 1 is 0.933 bits per heavy atom. The average Bonchev–Trinajstić information content (AvgIpc) is 2.25. The Labute approximate surface area is 103 Å². The van der Waals surface area contributed by atoms with Crippen molar-refractivity contribution in [1.82, 2.24) is 0 Å². The normalized spacial score (nSPS) is 10.3. The van der Waals surface area contributed by atoms with Crippen LogP contribution in [0.1, 0.15) is 5.56 Å². The quantitative estimate of drug-likeness (QED) is 0.752. The van der Waals surface area contributed by atoms with E-state index in [1.54, 1.807) is 11.8 Å². The average molecular weight is 279 g/mol. The molecular formula is C13H11BrS. The Balaban J connectivity index is 2.22. The molecule has 15 heavy (non-hydrogen) atoms. The third-order valence-electron chi connectivity index (χ3n) is 2.11. The van der Waals surface area contributed by atoms with Crippen molar-refractivity contribution in [3.63, 3.8) is 0 Å². The van der Waals surface area contributed by atoms with Gasteiger partial charge in [-0.25, -0.2) is 0 Å². The monoisotopic (exact) mass is 278 g/mol. The molecule has 0 atom stereocenters. The molecule has 0 amide bonds. The topological polar surface area (TPSA) is 0 Å². The highest BCUT2D eigenvalue weighted by Gasteiger charge is 1.99. The molecular weight excluding hydrogens is 268 g/mol. The van der Waals surface area contributed by atoms with E-state index in [2.05, 4.69) is 65.3 Å². The number of rotatable bonds is 2. The van der Waals surface area contributed by atoms with Crippen molar-refractivity contribution >= 4 is 27.7 Å². The molecule has 0 nitrogen and oxygen atoms in total. The first-order valence-corrected chi connectivity index (χ1v) is 6.36. The second-order valence-corrected chi connectivity index (χ2v) is 5.33. The second-order valence-electron chi connectivity index (χ2n) is 3.33. The van der Waals surface area contributed by atoms with Gasteiger partial charge in [-0.15, -0.1) is 0 Å². The molecule has 2 heteroatoms. The van der Waals surface area contributed by atoms with Crippen LogP contribution in [0.2, 0.25) is 0 Å². The fraction of sp³-hybridized carbons (Fsp3) is 0.0769. The lowest BCUT2D eigenvalue weighted by atomic mass is 10.2. The van der Waals surface area contributed by atoms with Crippen LogP contribution in [0.15, 0.2) is 62.8 Å². The van der Waals surface area contributed by atoms with Crippen molar-refractivity contribution in [2.75, 3.05) is 0 Å². The van der Waals surface area contributed by atoms with Crippen molar-refractivity contribution in [2.45, 2.75) is 16.7 Å². The van der Waals surface area contributed by atoms with Crippen LogP contribution in [-0.2, 0) is 0 Å². The van der Waals surface area contributed by atoms with Gasteiger partial charge in [-0.2, -0.15) is 0 Å². The van der Waals surface area contributed by atoms with Crippen molar-refractivity contribution in [1.29, 1.82) is 0 Å². The minimum Gasteiger partial charge on any atom is -0.0901 e. The minimum absolute atomic E-state index is 1.17. The van der Waals surface area contributed by atoms with Gasteiger partial charge in [0.25, 0.3) is 0 Å². The molecule has 0 N–H and O–H groups in total. The first kappa shape index (κ1) is 10.8. The fourth-order valence-electron chi connectivity index (χ4n) is 1.31. The van der Waals surface area contributed by atoms with Gasteiger partial charge in [0.1, 0.15) is 0 Å². The highest BCUT2D eigenvalue weighted by atomic mass is 79.9. The molecule has 0 aliphatic rings. The predicted molar refractivity (Wildman–Crippen MR) is 69.4 cm³/mol. The molecule has 0 radical (unpaired) electrons. The molecule has 0 unspecified atom stereocenters. The Morgan fingerprint density at radius 3 is 2.33 bits per heavy atom. The highest BCUT2D eigenvalue weighted by molar-refractivity contribution is 9.10. The van der Waals surface area contributed by atoms with Gasteiger partial charge in [0.15, 0.2) is 0 Å². The number of halogens is 1. The van der Waals surface area contributed by atoms with E-state index >= 15 is 0 Å². The smallest absolute Gasteiger partial charge is 0.0205 e. The summed E-state index contributed by atoms with van der Waals surface area (Å²) in [5.74, 6) is 0. The lowest BCUT2D eigenvalue weighted by Gasteiger charge is -2.03. The van der Waals surface area contributed by atoms with Crippen molar-refractivity contribution in [3.05, 3.63) is 58.6 Å². The fourth-order valence-corrected chi connectivity index (χ4v) is 2.49. The standard InChI is InChI=1S/C13H11BrS/c1-10-9-12(7-8-13(10)14)15-11-5-3-2-4-6-11/h2-9H,1H3. The zero-order valence-corrected chi connectivity index (χ0v) is 10.8. The number of hydrogen-bond acceptors (Lipinski definition) is 1. The summed E-state index contributed by atoms with van der Waals surface area (Å²) in [6.07, 6.45) is 0. The van der Waals surface area contributed by atoms with Crippen molar-refractivity contribution in [3.8, 4) is 0 Å².